The molecule has 1 atom stereocenters. The third-order valence-electron chi connectivity index (χ3n) is 4.08. The molecule has 0 radical (unpaired) electrons. The van der Waals surface area contributed by atoms with Gasteiger partial charge in [-0.1, -0.05) is 92.1 Å². The van der Waals surface area contributed by atoms with Crippen LogP contribution in [0.25, 0.3) is 0 Å². The Kier molecular flexibility index (Phi) is 5.73. The van der Waals surface area contributed by atoms with Gasteiger partial charge in [-0.25, -0.2) is 0 Å². The second kappa shape index (κ2) is 7.76. The molecular weight excluding hydrogens is 292 g/mol. The average Bonchev–Trinajstić information content (AvgIpc) is 2.81. The summed E-state index contributed by atoms with van der Waals surface area (Å²) in [4.78, 5) is 0. The monoisotopic (exact) mass is 316 g/mol. The maximum absolute atomic E-state index is 11.8. The van der Waals surface area contributed by atoms with Crippen molar-refractivity contribution in [1.82, 2.24) is 0 Å². The molecule has 1 N–H and O–H groups in total. The summed E-state index contributed by atoms with van der Waals surface area (Å²) in [6.45, 7) is 11.6. The molecule has 0 bridgehead atoms. The zero-order chi connectivity index (χ0) is 17.6. The fraction of sp³-hybridized carbons (Fsp3) is 0.130. The molecule has 0 amide bonds. The molecule has 1 aliphatic rings. The second-order valence-electron chi connectivity index (χ2n) is 5.54. The summed E-state index contributed by atoms with van der Waals surface area (Å²) < 4.78 is 0. The summed E-state index contributed by atoms with van der Waals surface area (Å²) in [6, 6.07) is 9.73. The first-order valence-corrected chi connectivity index (χ1v) is 8.09. The predicted octanol–water partition coefficient (Wildman–Crippen LogP) is 5.56. The molecule has 1 aromatic carbocycles. The molecule has 1 aliphatic carbocycles. The SMILES string of the molecule is C=C/C=C1C(/C=C\C)=C(/C=C\C)C(O)(c2ccccc2)C/1=C/C=C. The number of aliphatic hydroxyl groups is 1. The molecule has 0 saturated carbocycles. The number of hydrogen-bond donors (Lipinski definition) is 1. The molecule has 2 rings (SSSR count). The van der Waals surface area contributed by atoms with E-state index in [0.717, 1.165) is 27.9 Å². The van der Waals surface area contributed by atoms with E-state index >= 15 is 0 Å². The summed E-state index contributed by atoms with van der Waals surface area (Å²) in [6.07, 6.45) is 15.2. The van der Waals surface area contributed by atoms with E-state index in [1.54, 1.807) is 12.2 Å². The first-order chi connectivity index (χ1) is 11.6. The number of rotatable bonds is 5. The zero-order valence-electron chi connectivity index (χ0n) is 14.4. The standard InChI is InChI=1S/C23H24O/c1-5-12-19-20(13-6-2)22(15-8-4)23(24,21(19)14-7-3)18-16-10-9-11-17-18/h5-17,24H,1,3H2,2,4H3/b13-6-,15-8-,19-12-,21-14+. The number of allylic oxidation sites excluding steroid dienone is 8. The molecular formula is C23H24O. The topological polar surface area (TPSA) is 20.2 Å². The van der Waals surface area contributed by atoms with Gasteiger partial charge in [-0.3, -0.25) is 0 Å². The maximum Gasteiger partial charge on any atom is 0.141 e. The molecule has 0 spiro atoms. The van der Waals surface area contributed by atoms with Crippen LogP contribution in [0.15, 0.2) is 114 Å². The second-order valence-corrected chi connectivity index (χ2v) is 5.54. The molecule has 0 fully saturated rings. The summed E-state index contributed by atoms with van der Waals surface area (Å²) in [5, 5.41) is 11.8. The molecule has 1 aromatic rings. The Balaban J connectivity index is 2.91. The van der Waals surface area contributed by atoms with Crippen molar-refractivity contribution in [1.29, 1.82) is 0 Å². The molecule has 0 aromatic heterocycles. The molecule has 1 heteroatoms. The summed E-state index contributed by atoms with van der Waals surface area (Å²) >= 11 is 0. The molecule has 24 heavy (non-hydrogen) atoms. The van der Waals surface area contributed by atoms with E-state index in [2.05, 4.69) is 13.2 Å². The van der Waals surface area contributed by atoms with Crippen LogP contribution in [0.2, 0.25) is 0 Å². The minimum atomic E-state index is -1.22. The van der Waals surface area contributed by atoms with Gasteiger partial charge in [-0.05, 0) is 30.6 Å². The third-order valence-corrected chi connectivity index (χ3v) is 4.08. The highest BCUT2D eigenvalue weighted by Crippen LogP contribution is 2.51. The van der Waals surface area contributed by atoms with Crippen LogP contribution >= 0.6 is 0 Å². The van der Waals surface area contributed by atoms with Gasteiger partial charge in [0, 0.05) is 11.1 Å². The third kappa shape index (κ3) is 2.91. The minimum absolute atomic E-state index is 0.810. The van der Waals surface area contributed by atoms with Gasteiger partial charge < -0.3 is 5.11 Å². The maximum atomic E-state index is 11.8. The lowest BCUT2D eigenvalue weighted by molar-refractivity contribution is 0.128. The first kappa shape index (κ1) is 17.7. The minimum Gasteiger partial charge on any atom is -0.376 e. The lowest BCUT2D eigenvalue weighted by atomic mass is 9.82. The fourth-order valence-electron chi connectivity index (χ4n) is 3.16. The van der Waals surface area contributed by atoms with Crippen molar-refractivity contribution < 1.29 is 5.11 Å². The van der Waals surface area contributed by atoms with Crippen molar-refractivity contribution in [2.24, 2.45) is 0 Å². The summed E-state index contributed by atoms with van der Waals surface area (Å²) in [7, 11) is 0. The first-order valence-electron chi connectivity index (χ1n) is 8.09. The Hall–Kier alpha value is -2.64. The molecule has 0 saturated heterocycles. The van der Waals surface area contributed by atoms with Crippen molar-refractivity contribution in [2.75, 3.05) is 0 Å². The molecule has 0 aliphatic heterocycles. The normalized spacial score (nSPS) is 24.6. The number of hydrogen-bond acceptors (Lipinski definition) is 1. The van der Waals surface area contributed by atoms with Crippen molar-refractivity contribution in [3.05, 3.63) is 120 Å². The van der Waals surface area contributed by atoms with Crippen molar-refractivity contribution in [3.8, 4) is 0 Å². The van der Waals surface area contributed by atoms with Crippen LogP contribution in [0.1, 0.15) is 19.4 Å². The largest absolute Gasteiger partial charge is 0.376 e. The number of benzene rings is 1. The van der Waals surface area contributed by atoms with E-state index in [-0.39, 0.29) is 0 Å². The highest BCUT2D eigenvalue weighted by molar-refractivity contribution is 5.72. The van der Waals surface area contributed by atoms with E-state index in [4.69, 9.17) is 0 Å². The summed E-state index contributed by atoms with van der Waals surface area (Å²) in [5.41, 5.74) is 3.24. The van der Waals surface area contributed by atoms with Crippen LogP contribution in [-0.4, -0.2) is 5.11 Å². The van der Waals surface area contributed by atoms with Crippen LogP contribution in [0.3, 0.4) is 0 Å². The van der Waals surface area contributed by atoms with E-state index in [1.807, 2.05) is 80.6 Å². The molecule has 0 heterocycles. The Morgan fingerprint density at radius 1 is 0.917 bits per heavy atom. The average molecular weight is 316 g/mol. The van der Waals surface area contributed by atoms with Gasteiger partial charge in [0.05, 0.1) is 0 Å². The molecule has 122 valence electrons. The van der Waals surface area contributed by atoms with Gasteiger partial charge in [-0.15, -0.1) is 0 Å². The predicted molar refractivity (Wildman–Crippen MR) is 104 cm³/mol. The van der Waals surface area contributed by atoms with Crippen molar-refractivity contribution >= 4 is 0 Å². The highest BCUT2D eigenvalue weighted by atomic mass is 16.3. The van der Waals surface area contributed by atoms with E-state index < -0.39 is 5.60 Å². The van der Waals surface area contributed by atoms with Gasteiger partial charge >= 0.3 is 0 Å². The molecule has 1 nitrogen and oxygen atoms in total. The lowest BCUT2D eigenvalue weighted by Crippen LogP contribution is -2.27. The van der Waals surface area contributed by atoms with Crippen LogP contribution in [0, 0.1) is 0 Å². The van der Waals surface area contributed by atoms with Gasteiger partial charge in [-0.2, -0.15) is 0 Å². The van der Waals surface area contributed by atoms with Gasteiger partial charge in [0.25, 0.3) is 0 Å². The Bertz CT molecular complexity index is 770. The Morgan fingerprint density at radius 3 is 2.08 bits per heavy atom. The summed E-state index contributed by atoms with van der Waals surface area (Å²) in [5.74, 6) is 0. The van der Waals surface area contributed by atoms with Crippen LogP contribution in [-0.2, 0) is 5.60 Å². The molecule has 1 unspecified atom stereocenters. The van der Waals surface area contributed by atoms with E-state index in [0.29, 0.717) is 0 Å². The van der Waals surface area contributed by atoms with Gasteiger partial charge in [0.15, 0.2) is 0 Å². The van der Waals surface area contributed by atoms with Crippen molar-refractivity contribution in [3.63, 3.8) is 0 Å². The van der Waals surface area contributed by atoms with E-state index in [9.17, 15) is 5.11 Å². The lowest BCUT2D eigenvalue weighted by Gasteiger charge is -2.28. The van der Waals surface area contributed by atoms with Crippen LogP contribution < -0.4 is 0 Å². The Morgan fingerprint density at radius 2 is 1.54 bits per heavy atom. The zero-order valence-corrected chi connectivity index (χ0v) is 14.4. The highest BCUT2D eigenvalue weighted by Gasteiger charge is 2.45. The van der Waals surface area contributed by atoms with Gasteiger partial charge in [0.2, 0.25) is 0 Å². The Labute approximate surface area is 145 Å². The fourth-order valence-corrected chi connectivity index (χ4v) is 3.16. The van der Waals surface area contributed by atoms with Crippen LogP contribution in [0.5, 0.6) is 0 Å². The smallest absolute Gasteiger partial charge is 0.141 e. The van der Waals surface area contributed by atoms with Gasteiger partial charge in [0.1, 0.15) is 5.60 Å². The van der Waals surface area contributed by atoms with E-state index in [1.165, 1.54) is 0 Å². The quantitative estimate of drug-likeness (QED) is 0.754. The van der Waals surface area contributed by atoms with Crippen molar-refractivity contribution in [2.45, 2.75) is 19.4 Å². The van der Waals surface area contributed by atoms with Crippen LogP contribution in [0.4, 0.5) is 0 Å².